The Morgan fingerprint density at radius 3 is 1.85 bits per heavy atom. The van der Waals surface area contributed by atoms with E-state index in [1.165, 1.54) is 55.7 Å². The number of fused-ring (bicyclic) bond motifs is 1. The Bertz CT molecular complexity index is 2350. The van der Waals surface area contributed by atoms with E-state index in [4.69, 9.17) is 5.73 Å². The number of rotatable bonds is 10. The minimum Gasteiger partial charge on any atom is -0.398 e. The molecule has 0 saturated heterocycles. The highest BCUT2D eigenvalue weighted by Gasteiger charge is 2.31. The molecule has 8 rings (SSSR count). The van der Waals surface area contributed by atoms with E-state index in [0.717, 1.165) is 48.2 Å². The van der Waals surface area contributed by atoms with Crippen molar-refractivity contribution in [3.05, 3.63) is 234 Å². The molecule has 6 aromatic rings. The van der Waals surface area contributed by atoms with Crippen LogP contribution < -0.4 is 11.1 Å². The molecule has 2 nitrogen and oxygen atoms in total. The predicted molar refractivity (Wildman–Crippen MR) is 230 cm³/mol. The summed E-state index contributed by atoms with van der Waals surface area (Å²) in [6.45, 7) is 4.51. The van der Waals surface area contributed by atoms with Crippen LogP contribution in [-0.2, 0) is 0 Å². The zero-order valence-corrected chi connectivity index (χ0v) is 30.7. The summed E-state index contributed by atoms with van der Waals surface area (Å²) in [4.78, 5) is 0. The molecule has 0 aliphatic heterocycles. The van der Waals surface area contributed by atoms with Crippen LogP contribution in [0.25, 0.3) is 39.2 Å². The molecule has 264 valence electrons. The van der Waals surface area contributed by atoms with Crippen LogP contribution in [0.5, 0.6) is 0 Å². The Morgan fingerprint density at radius 1 is 0.593 bits per heavy atom. The Labute approximate surface area is 320 Å². The maximum atomic E-state index is 7.00. The Hall–Kier alpha value is -6.38. The van der Waals surface area contributed by atoms with Gasteiger partial charge < -0.3 is 11.1 Å². The SMILES string of the molecule is C=C(NC(/C=C(\N)c1ccc(-c2ccccc2)cc1)C1CC=C(C2=CCCCC(c3ccccc3)=C2c2ccccc2)c2ccccc21)c1ccccc1. The largest absolute Gasteiger partial charge is 0.398 e. The van der Waals surface area contributed by atoms with E-state index in [1.54, 1.807) is 0 Å². The van der Waals surface area contributed by atoms with E-state index < -0.39 is 0 Å². The molecule has 3 N–H and O–H groups in total. The molecule has 2 aliphatic carbocycles. The van der Waals surface area contributed by atoms with E-state index in [-0.39, 0.29) is 12.0 Å². The fourth-order valence-electron chi connectivity index (χ4n) is 8.12. The fourth-order valence-corrected chi connectivity index (χ4v) is 8.12. The summed E-state index contributed by atoms with van der Waals surface area (Å²) >= 11 is 0. The van der Waals surface area contributed by atoms with Gasteiger partial charge in [0.2, 0.25) is 0 Å². The van der Waals surface area contributed by atoms with Crippen LogP contribution in [0.2, 0.25) is 0 Å². The molecule has 2 heteroatoms. The maximum absolute atomic E-state index is 7.00. The van der Waals surface area contributed by atoms with Crippen molar-refractivity contribution in [2.75, 3.05) is 0 Å². The second-order valence-electron chi connectivity index (χ2n) is 14.2. The predicted octanol–water partition coefficient (Wildman–Crippen LogP) is 12.6. The van der Waals surface area contributed by atoms with Gasteiger partial charge in [-0.05, 0) is 98.6 Å². The highest BCUT2D eigenvalue weighted by atomic mass is 14.9. The Kier molecular flexibility index (Phi) is 10.3. The van der Waals surface area contributed by atoms with Crippen LogP contribution in [0.3, 0.4) is 0 Å². The normalized spacial score (nSPS) is 16.4. The summed E-state index contributed by atoms with van der Waals surface area (Å²) in [6.07, 6.45) is 11.2. The highest BCUT2D eigenvalue weighted by molar-refractivity contribution is 6.08. The smallest absolute Gasteiger partial charge is 0.0539 e. The maximum Gasteiger partial charge on any atom is 0.0539 e. The van der Waals surface area contributed by atoms with Crippen molar-refractivity contribution in [1.82, 2.24) is 5.32 Å². The average molecular weight is 699 g/mol. The van der Waals surface area contributed by atoms with Gasteiger partial charge in [-0.2, -0.15) is 0 Å². The molecule has 0 aromatic heterocycles. The van der Waals surface area contributed by atoms with Crippen LogP contribution in [0.15, 0.2) is 200 Å². The van der Waals surface area contributed by atoms with Gasteiger partial charge in [0, 0.05) is 17.3 Å². The summed E-state index contributed by atoms with van der Waals surface area (Å²) in [5.41, 5.74) is 23.6. The van der Waals surface area contributed by atoms with Crippen molar-refractivity contribution in [3.8, 4) is 11.1 Å². The second kappa shape index (κ2) is 16.1. The topological polar surface area (TPSA) is 38.0 Å². The first-order valence-corrected chi connectivity index (χ1v) is 19.1. The van der Waals surface area contributed by atoms with E-state index in [0.29, 0.717) is 0 Å². The molecule has 0 fully saturated rings. The van der Waals surface area contributed by atoms with Crippen LogP contribution >= 0.6 is 0 Å². The molecule has 54 heavy (non-hydrogen) atoms. The summed E-state index contributed by atoms with van der Waals surface area (Å²) in [7, 11) is 0. The molecule has 2 aliphatic rings. The molecule has 0 amide bonds. The van der Waals surface area contributed by atoms with E-state index in [9.17, 15) is 0 Å². The van der Waals surface area contributed by atoms with Crippen LogP contribution in [0, 0.1) is 0 Å². The molecule has 2 atom stereocenters. The van der Waals surface area contributed by atoms with Gasteiger partial charge in [0.1, 0.15) is 0 Å². The Balaban J connectivity index is 1.20. The lowest BCUT2D eigenvalue weighted by atomic mass is 9.74. The van der Waals surface area contributed by atoms with Gasteiger partial charge in [-0.15, -0.1) is 0 Å². The number of nitrogens with two attached hydrogens (primary N) is 1. The standard InChI is InChI=1S/C52H46N2/c1-37(38-18-6-2-7-19-38)54-51(36-50(53)42-32-30-40(31-33-42)39-20-8-3-9-21-39)48-35-34-47(45-27-15-16-28-46(45)48)49-29-17-14-26-44(41-22-10-4-11-23-41)52(49)43-24-12-5-13-25-43/h2-13,15-16,18-25,27-34,36,48,51,54H,1,14,17,26,35,53H2/b50-36-. The highest BCUT2D eigenvalue weighted by Crippen LogP contribution is 2.48. The summed E-state index contributed by atoms with van der Waals surface area (Å²) in [5, 5.41) is 3.85. The third kappa shape index (κ3) is 7.42. The lowest BCUT2D eigenvalue weighted by Crippen LogP contribution is -2.34. The second-order valence-corrected chi connectivity index (χ2v) is 14.2. The number of allylic oxidation sites excluding steroid dienone is 6. The lowest BCUT2D eigenvalue weighted by Gasteiger charge is -2.34. The van der Waals surface area contributed by atoms with E-state index in [2.05, 4.69) is 188 Å². The Morgan fingerprint density at radius 2 is 1.17 bits per heavy atom. The third-order valence-electron chi connectivity index (χ3n) is 10.8. The van der Waals surface area contributed by atoms with Crippen molar-refractivity contribution in [3.63, 3.8) is 0 Å². The van der Waals surface area contributed by atoms with E-state index in [1.807, 2.05) is 12.1 Å². The van der Waals surface area contributed by atoms with Gasteiger partial charge >= 0.3 is 0 Å². The monoisotopic (exact) mass is 698 g/mol. The first-order valence-electron chi connectivity index (χ1n) is 19.1. The number of benzene rings is 6. The molecular weight excluding hydrogens is 653 g/mol. The van der Waals surface area contributed by atoms with Gasteiger partial charge in [0.15, 0.2) is 0 Å². The van der Waals surface area contributed by atoms with Gasteiger partial charge in [0.05, 0.1) is 6.04 Å². The summed E-state index contributed by atoms with van der Waals surface area (Å²) in [6, 6.07) is 60.2. The molecule has 0 spiro atoms. The minimum atomic E-state index is -0.113. The van der Waals surface area contributed by atoms with Crippen molar-refractivity contribution in [1.29, 1.82) is 0 Å². The van der Waals surface area contributed by atoms with Crippen LogP contribution in [0.4, 0.5) is 0 Å². The summed E-state index contributed by atoms with van der Waals surface area (Å²) < 4.78 is 0. The lowest BCUT2D eigenvalue weighted by molar-refractivity contribution is 0.560. The molecule has 0 bridgehead atoms. The van der Waals surface area contributed by atoms with Gasteiger partial charge in [-0.1, -0.05) is 189 Å². The van der Waals surface area contributed by atoms with Gasteiger partial charge in [-0.25, -0.2) is 0 Å². The minimum absolute atomic E-state index is 0.113. The van der Waals surface area contributed by atoms with Crippen molar-refractivity contribution < 1.29 is 0 Å². The molecule has 2 unspecified atom stereocenters. The third-order valence-corrected chi connectivity index (χ3v) is 10.8. The number of hydrogen-bond donors (Lipinski definition) is 2. The van der Waals surface area contributed by atoms with Gasteiger partial charge in [-0.3, -0.25) is 0 Å². The average Bonchev–Trinajstić information content (AvgIpc) is 3.47. The summed E-state index contributed by atoms with van der Waals surface area (Å²) in [5.74, 6) is 0.122. The quantitative estimate of drug-likeness (QED) is 0.149. The van der Waals surface area contributed by atoms with E-state index >= 15 is 0 Å². The molecule has 6 aromatic carbocycles. The molecular formula is C52H46N2. The first-order chi connectivity index (χ1) is 26.6. The molecule has 0 saturated carbocycles. The van der Waals surface area contributed by atoms with Crippen molar-refractivity contribution in [2.45, 2.75) is 37.6 Å². The molecule has 0 heterocycles. The molecule has 0 radical (unpaired) electrons. The van der Waals surface area contributed by atoms with Crippen molar-refractivity contribution in [2.24, 2.45) is 5.73 Å². The van der Waals surface area contributed by atoms with Crippen LogP contribution in [0.1, 0.15) is 65.0 Å². The number of hydrogen-bond acceptors (Lipinski definition) is 2. The van der Waals surface area contributed by atoms with Crippen molar-refractivity contribution >= 4 is 28.1 Å². The zero-order chi connectivity index (χ0) is 36.7. The number of nitrogens with one attached hydrogen (secondary N) is 1. The van der Waals surface area contributed by atoms with Gasteiger partial charge in [0.25, 0.3) is 0 Å². The first kappa shape index (κ1) is 34.7. The zero-order valence-electron chi connectivity index (χ0n) is 30.7. The van der Waals surface area contributed by atoms with Crippen LogP contribution in [-0.4, -0.2) is 6.04 Å². The fraction of sp³-hybridized carbons (Fsp3) is 0.115.